The van der Waals surface area contributed by atoms with Gasteiger partial charge in [-0.1, -0.05) is 6.92 Å². The van der Waals surface area contributed by atoms with Crippen LogP contribution in [0.25, 0.3) is 0 Å². The standard InChI is InChI=1S/C7H12N2S/c1-3-4-9-6(2)5-8-7(9)10/h5H,3-4H2,1-2H3,(H,8,10). The van der Waals surface area contributed by atoms with Crippen LogP contribution in [0.5, 0.6) is 0 Å². The van der Waals surface area contributed by atoms with Crippen molar-refractivity contribution >= 4 is 12.2 Å². The van der Waals surface area contributed by atoms with Gasteiger partial charge in [-0.25, -0.2) is 0 Å². The molecule has 3 heteroatoms. The number of H-pyrrole nitrogens is 1. The van der Waals surface area contributed by atoms with Gasteiger partial charge in [0.15, 0.2) is 4.77 Å². The molecular weight excluding hydrogens is 144 g/mol. The van der Waals surface area contributed by atoms with Crippen LogP contribution in [0.3, 0.4) is 0 Å². The van der Waals surface area contributed by atoms with E-state index in [1.54, 1.807) is 0 Å². The highest BCUT2D eigenvalue weighted by Gasteiger charge is 1.94. The van der Waals surface area contributed by atoms with E-state index in [0.717, 1.165) is 17.7 Å². The van der Waals surface area contributed by atoms with Crippen molar-refractivity contribution in [2.75, 3.05) is 0 Å². The summed E-state index contributed by atoms with van der Waals surface area (Å²) in [7, 11) is 0. The zero-order valence-electron chi connectivity index (χ0n) is 6.35. The van der Waals surface area contributed by atoms with E-state index in [9.17, 15) is 0 Å². The number of hydrogen-bond acceptors (Lipinski definition) is 1. The van der Waals surface area contributed by atoms with Gasteiger partial charge in [0, 0.05) is 18.4 Å². The van der Waals surface area contributed by atoms with Gasteiger partial charge in [-0.2, -0.15) is 0 Å². The third-order valence-corrected chi connectivity index (χ3v) is 1.86. The lowest BCUT2D eigenvalue weighted by Crippen LogP contribution is -1.98. The quantitative estimate of drug-likeness (QED) is 0.651. The van der Waals surface area contributed by atoms with Gasteiger partial charge in [-0.3, -0.25) is 0 Å². The van der Waals surface area contributed by atoms with Crippen molar-refractivity contribution in [1.29, 1.82) is 0 Å². The zero-order valence-corrected chi connectivity index (χ0v) is 7.16. The average Bonchev–Trinajstić information content (AvgIpc) is 2.20. The van der Waals surface area contributed by atoms with Crippen LogP contribution in [0.2, 0.25) is 0 Å². The molecule has 0 radical (unpaired) electrons. The van der Waals surface area contributed by atoms with Crippen LogP contribution in [0, 0.1) is 11.7 Å². The summed E-state index contributed by atoms with van der Waals surface area (Å²) in [5.41, 5.74) is 1.21. The molecule has 0 aromatic carbocycles. The molecule has 0 fully saturated rings. The molecule has 1 heterocycles. The van der Waals surface area contributed by atoms with E-state index >= 15 is 0 Å². The number of rotatable bonds is 2. The Labute approximate surface area is 65.9 Å². The van der Waals surface area contributed by atoms with E-state index in [0.29, 0.717) is 0 Å². The van der Waals surface area contributed by atoms with Gasteiger partial charge < -0.3 is 9.55 Å². The lowest BCUT2D eigenvalue weighted by atomic mass is 10.4. The van der Waals surface area contributed by atoms with Crippen LogP contribution in [0.15, 0.2) is 6.20 Å². The molecule has 0 aliphatic rings. The summed E-state index contributed by atoms with van der Waals surface area (Å²) >= 11 is 5.05. The number of aryl methyl sites for hydroxylation is 1. The smallest absolute Gasteiger partial charge is 0.177 e. The van der Waals surface area contributed by atoms with E-state index in [1.807, 2.05) is 6.20 Å². The van der Waals surface area contributed by atoms with Crippen molar-refractivity contribution in [3.63, 3.8) is 0 Å². The Morgan fingerprint density at radius 3 is 2.80 bits per heavy atom. The predicted octanol–water partition coefficient (Wildman–Crippen LogP) is 2.26. The van der Waals surface area contributed by atoms with E-state index in [2.05, 4.69) is 23.4 Å². The first-order valence-corrected chi connectivity index (χ1v) is 3.91. The van der Waals surface area contributed by atoms with E-state index in [1.165, 1.54) is 5.69 Å². The monoisotopic (exact) mass is 156 g/mol. The fraction of sp³-hybridized carbons (Fsp3) is 0.571. The molecular formula is C7H12N2S. The van der Waals surface area contributed by atoms with Gasteiger partial charge in [0.2, 0.25) is 0 Å². The molecule has 1 aromatic rings. The summed E-state index contributed by atoms with van der Waals surface area (Å²) in [4.78, 5) is 3.00. The van der Waals surface area contributed by atoms with Gasteiger partial charge in [0.05, 0.1) is 0 Å². The largest absolute Gasteiger partial charge is 0.337 e. The Hall–Kier alpha value is -0.570. The minimum absolute atomic E-state index is 0.833. The maximum absolute atomic E-state index is 5.05. The number of aromatic nitrogens is 2. The fourth-order valence-electron chi connectivity index (χ4n) is 0.984. The molecule has 0 saturated heterocycles. The molecule has 0 aliphatic carbocycles. The van der Waals surface area contributed by atoms with Crippen molar-refractivity contribution < 1.29 is 0 Å². The van der Waals surface area contributed by atoms with Crippen molar-refractivity contribution in [3.05, 3.63) is 16.7 Å². The van der Waals surface area contributed by atoms with Crippen LogP contribution < -0.4 is 0 Å². The molecule has 0 bridgehead atoms. The molecule has 0 unspecified atom stereocenters. The van der Waals surface area contributed by atoms with E-state index in [-0.39, 0.29) is 0 Å². The second-order valence-electron chi connectivity index (χ2n) is 2.39. The van der Waals surface area contributed by atoms with Crippen molar-refractivity contribution in [2.45, 2.75) is 26.8 Å². The summed E-state index contributed by atoms with van der Waals surface area (Å²) in [6.45, 7) is 5.23. The number of imidazole rings is 1. The summed E-state index contributed by atoms with van der Waals surface area (Å²) in [6, 6.07) is 0. The highest BCUT2D eigenvalue weighted by atomic mass is 32.1. The molecule has 1 N–H and O–H groups in total. The summed E-state index contributed by atoms with van der Waals surface area (Å²) in [5.74, 6) is 0. The molecule has 2 nitrogen and oxygen atoms in total. The third kappa shape index (κ3) is 1.29. The SMILES string of the molecule is CCCn1c(C)c[nH]c1=S. The molecule has 0 saturated carbocycles. The molecule has 1 aromatic heterocycles. The maximum Gasteiger partial charge on any atom is 0.177 e. The molecule has 0 atom stereocenters. The molecule has 0 aliphatic heterocycles. The number of nitrogens with zero attached hydrogens (tertiary/aromatic N) is 1. The molecule has 56 valence electrons. The normalized spacial score (nSPS) is 10.2. The van der Waals surface area contributed by atoms with Gasteiger partial charge in [-0.05, 0) is 25.6 Å². The maximum atomic E-state index is 5.05. The molecule has 0 amide bonds. The fourth-order valence-corrected chi connectivity index (χ4v) is 1.28. The second-order valence-corrected chi connectivity index (χ2v) is 2.77. The van der Waals surface area contributed by atoms with Crippen LogP contribution in [0.1, 0.15) is 19.0 Å². The van der Waals surface area contributed by atoms with Gasteiger partial charge in [0.1, 0.15) is 0 Å². The van der Waals surface area contributed by atoms with Crippen LogP contribution in [0.4, 0.5) is 0 Å². The average molecular weight is 156 g/mol. The van der Waals surface area contributed by atoms with Crippen molar-refractivity contribution in [3.8, 4) is 0 Å². The van der Waals surface area contributed by atoms with Gasteiger partial charge in [0.25, 0.3) is 0 Å². The molecule has 1 rings (SSSR count). The summed E-state index contributed by atoms with van der Waals surface area (Å²) in [6.07, 6.45) is 3.07. The number of nitrogens with one attached hydrogen (secondary N) is 1. The van der Waals surface area contributed by atoms with Gasteiger partial charge >= 0.3 is 0 Å². The Kier molecular flexibility index (Phi) is 2.27. The number of hydrogen-bond donors (Lipinski definition) is 1. The minimum Gasteiger partial charge on any atom is -0.337 e. The number of aromatic amines is 1. The van der Waals surface area contributed by atoms with E-state index in [4.69, 9.17) is 12.2 Å². The Balaban J connectivity index is 2.99. The van der Waals surface area contributed by atoms with Crippen molar-refractivity contribution in [1.82, 2.24) is 9.55 Å². The molecule has 10 heavy (non-hydrogen) atoms. The Bertz CT molecular complexity index is 259. The van der Waals surface area contributed by atoms with E-state index < -0.39 is 0 Å². The lowest BCUT2D eigenvalue weighted by molar-refractivity contribution is 0.654. The van der Waals surface area contributed by atoms with Gasteiger partial charge in [-0.15, -0.1) is 0 Å². The first-order chi connectivity index (χ1) is 4.75. The van der Waals surface area contributed by atoms with Crippen LogP contribution in [-0.2, 0) is 6.54 Å². The Morgan fingerprint density at radius 2 is 2.40 bits per heavy atom. The topological polar surface area (TPSA) is 20.7 Å². The minimum atomic E-state index is 0.833. The highest BCUT2D eigenvalue weighted by Crippen LogP contribution is 1.99. The Morgan fingerprint density at radius 1 is 1.70 bits per heavy atom. The van der Waals surface area contributed by atoms with Crippen LogP contribution in [-0.4, -0.2) is 9.55 Å². The second kappa shape index (κ2) is 3.01. The van der Waals surface area contributed by atoms with Crippen LogP contribution >= 0.6 is 12.2 Å². The lowest BCUT2D eigenvalue weighted by Gasteiger charge is -2.00. The first kappa shape index (κ1) is 7.54. The van der Waals surface area contributed by atoms with Crippen molar-refractivity contribution in [2.24, 2.45) is 0 Å². The molecule has 0 spiro atoms. The summed E-state index contributed by atoms with van der Waals surface area (Å²) in [5, 5.41) is 0. The predicted molar refractivity (Wildman–Crippen MR) is 44.6 cm³/mol. The third-order valence-electron chi connectivity index (χ3n) is 1.52. The zero-order chi connectivity index (χ0) is 7.56. The summed E-state index contributed by atoms with van der Waals surface area (Å²) < 4.78 is 2.94. The first-order valence-electron chi connectivity index (χ1n) is 3.50. The highest BCUT2D eigenvalue weighted by molar-refractivity contribution is 7.71.